The number of carbonyl (C=O) groups excluding carboxylic acids is 2. The molecule has 1 atom stereocenters. The Kier molecular flexibility index (Phi) is 10.7. The molecule has 0 fully saturated rings. The summed E-state index contributed by atoms with van der Waals surface area (Å²) >= 11 is 0. The van der Waals surface area contributed by atoms with Gasteiger partial charge in [0.15, 0.2) is 0 Å². The second-order valence-electron chi connectivity index (χ2n) is 7.43. The molecule has 0 radical (unpaired) electrons. The molecule has 0 aromatic rings. The van der Waals surface area contributed by atoms with E-state index in [1.807, 2.05) is 27.7 Å². The summed E-state index contributed by atoms with van der Waals surface area (Å²) in [6, 6.07) is -0.589. The van der Waals surface area contributed by atoms with Gasteiger partial charge in [-0.15, -0.1) is 0 Å². The predicted octanol–water partition coefficient (Wildman–Crippen LogP) is 4.10. The summed E-state index contributed by atoms with van der Waals surface area (Å²) in [7, 11) is 1.60. The minimum Gasteiger partial charge on any atom is -0.464 e. The van der Waals surface area contributed by atoms with Crippen LogP contribution in [0.2, 0.25) is 0 Å². The number of ether oxygens (including phenoxy) is 2. The molecule has 0 aromatic carbocycles. The normalized spacial score (nSPS) is 12.6. The first kappa shape index (κ1) is 21.7. The van der Waals surface area contributed by atoms with Gasteiger partial charge < -0.3 is 9.47 Å². The Labute approximate surface area is 141 Å². The van der Waals surface area contributed by atoms with Crippen molar-refractivity contribution in [3.05, 3.63) is 0 Å². The SMILES string of the molecule is CC(C)CCCOC(=O)C(CC(C)C)N(C)C(=O)OCC(C)C. The van der Waals surface area contributed by atoms with Gasteiger partial charge in [-0.25, -0.2) is 9.59 Å². The van der Waals surface area contributed by atoms with Crippen molar-refractivity contribution < 1.29 is 19.1 Å². The summed E-state index contributed by atoms with van der Waals surface area (Å²) in [6.45, 7) is 13.0. The summed E-state index contributed by atoms with van der Waals surface area (Å²) < 4.78 is 10.6. The number of carbonyl (C=O) groups is 2. The van der Waals surface area contributed by atoms with E-state index in [-0.39, 0.29) is 17.8 Å². The van der Waals surface area contributed by atoms with Crippen molar-refractivity contribution in [1.29, 1.82) is 0 Å². The van der Waals surface area contributed by atoms with E-state index in [2.05, 4.69) is 13.8 Å². The van der Waals surface area contributed by atoms with Crippen LogP contribution in [0.4, 0.5) is 4.79 Å². The zero-order chi connectivity index (χ0) is 18.0. The van der Waals surface area contributed by atoms with Crippen LogP contribution in [0.15, 0.2) is 0 Å². The maximum atomic E-state index is 12.3. The van der Waals surface area contributed by atoms with E-state index in [9.17, 15) is 9.59 Å². The minimum absolute atomic E-state index is 0.263. The van der Waals surface area contributed by atoms with Gasteiger partial charge in [-0.05, 0) is 37.0 Å². The monoisotopic (exact) mass is 329 g/mol. The molecule has 0 saturated heterocycles. The molecule has 136 valence electrons. The molecule has 1 amide bonds. The Balaban J connectivity index is 4.58. The first-order valence-corrected chi connectivity index (χ1v) is 8.71. The largest absolute Gasteiger partial charge is 0.464 e. The fourth-order valence-electron chi connectivity index (χ4n) is 2.09. The average Bonchev–Trinajstić information content (AvgIpc) is 2.45. The van der Waals surface area contributed by atoms with Crippen LogP contribution in [0.1, 0.15) is 60.8 Å². The zero-order valence-electron chi connectivity index (χ0n) is 15.9. The van der Waals surface area contributed by atoms with E-state index in [4.69, 9.17) is 9.47 Å². The lowest BCUT2D eigenvalue weighted by molar-refractivity contribution is -0.149. The molecule has 0 N–H and O–H groups in total. The lowest BCUT2D eigenvalue weighted by Gasteiger charge is -2.27. The molecule has 0 spiro atoms. The molecule has 5 heteroatoms. The van der Waals surface area contributed by atoms with Crippen LogP contribution in [0.25, 0.3) is 0 Å². The third kappa shape index (κ3) is 10.2. The maximum absolute atomic E-state index is 12.3. The van der Waals surface area contributed by atoms with Crippen LogP contribution in [0, 0.1) is 17.8 Å². The van der Waals surface area contributed by atoms with E-state index in [1.165, 1.54) is 4.90 Å². The fraction of sp³-hybridized carbons (Fsp3) is 0.889. The van der Waals surface area contributed by atoms with E-state index >= 15 is 0 Å². The molecular weight excluding hydrogens is 294 g/mol. The molecule has 0 aliphatic heterocycles. The summed E-state index contributed by atoms with van der Waals surface area (Å²) in [4.78, 5) is 25.8. The standard InChI is InChI=1S/C18H35NO4/c1-13(2)9-8-10-22-17(20)16(11-14(3)4)19(7)18(21)23-12-15(5)6/h13-16H,8-12H2,1-7H3. The van der Waals surface area contributed by atoms with Gasteiger partial charge in [-0.2, -0.15) is 0 Å². The van der Waals surface area contributed by atoms with Crippen LogP contribution in [0.3, 0.4) is 0 Å². The summed E-state index contributed by atoms with van der Waals surface area (Å²) in [6.07, 6.45) is 1.97. The minimum atomic E-state index is -0.589. The number of hydrogen-bond donors (Lipinski definition) is 0. The van der Waals surface area contributed by atoms with Crippen LogP contribution >= 0.6 is 0 Å². The van der Waals surface area contributed by atoms with Crippen LogP contribution in [-0.2, 0) is 14.3 Å². The highest BCUT2D eigenvalue weighted by molar-refractivity contribution is 5.81. The van der Waals surface area contributed by atoms with Gasteiger partial charge in [0.1, 0.15) is 6.04 Å². The Hall–Kier alpha value is -1.26. The summed E-state index contributed by atoms with van der Waals surface area (Å²) in [5, 5.41) is 0. The molecule has 0 aromatic heterocycles. The molecule has 0 bridgehead atoms. The highest BCUT2D eigenvalue weighted by Gasteiger charge is 2.30. The molecule has 5 nitrogen and oxygen atoms in total. The molecule has 0 rings (SSSR count). The second-order valence-corrected chi connectivity index (χ2v) is 7.43. The summed E-state index contributed by atoms with van der Waals surface area (Å²) in [5.41, 5.74) is 0. The van der Waals surface area contributed by atoms with Crippen LogP contribution in [0.5, 0.6) is 0 Å². The van der Waals surface area contributed by atoms with Crippen molar-refractivity contribution in [3.8, 4) is 0 Å². The highest BCUT2D eigenvalue weighted by atomic mass is 16.6. The van der Waals surface area contributed by atoms with Gasteiger partial charge in [0, 0.05) is 7.05 Å². The fourth-order valence-corrected chi connectivity index (χ4v) is 2.09. The zero-order valence-corrected chi connectivity index (χ0v) is 15.9. The number of amides is 1. The van der Waals surface area contributed by atoms with Crippen molar-refractivity contribution in [2.24, 2.45) is 17.8 Å². The quantitative estimate of drug-likeness (QED) is 0.447. The van der Waals surface area contributed by atoms with Crippen LogP contribution < -0.4 is 0 Å². The van der Waals surface area contributed by atoms with Gasteiger partial charge >= 0.3 is 12.1 Å². The summed E-state index contributed by atoms with van der Waals surface area (Å²) in [5.74, 6) is 0.794. The Morgan fingerprint density at radius 3 is 2.00 bits per heavy atom. The molecule has 0 heterocycles. The maximum Gasteiger partial charge on any atom is 0.410 e. The van der Waals surface area contributed by atoms with Crippen molar-refractivity contribution in [1.82, 2.24) is 4.90 Å². The van der Waals surface area contributed by atoms with Gasteiger partial charge in [-0.1, -0.05) is 41.5 Å². The molecular formula is C18H35NO4. The Morgan fingerprint density at radius 1 is 0.913 bits per heavy atom. The smallest absolute Gasteiger partial charge is 0.410 e. The lowest BCUT2D eigenvalue weighted by Crippen LogP contribution is -2.44. The van der Waals surface area contributed by atoms with Crippen molar-refractivity contribution in [2.45, 2.75) is 66.8 Å². The van der Waals surface area contributed by atoms with Gasteiger partial charge in [0.05, 0.1) is 13.2 Å². The van der Waals surface area contributed by atoms with Gasteiger partial charge in [-0.3, -0.25) is 4.90 Å². The van der Waals surface area contributed by atoms with E-state index in [0.717, 1.165) is 12.8 Å². The molecule has 23 heavy (non-hydrogen) atoms. The number of esters is 1. The van der Waals surface area contributed by atoms with Crippen molar-refractivity contribution in [2.75, 3.05) is 20.3 Å². The van der Waals surface area contributed by atoms with E-state index < -0.39 is 12.1 Å². The predicted molar refractivity (Wildman–Crippen MR) is 92.2 cm³/mol. The molecule has 1 unspecified atom stereocenters. The van der Waals surface area contributed by atoms with E-state index in [0.29, 0.717) is 25.6 Å². The molecule has 0 saturated carbocycles. The molecule has 0 aliphatic rings. The number of hydrogen-bond acceptors (Lipinski definition) is 4. The Bertz CT molecular complexity index is 353. The number of likely N-dealkylation sites (N-methyl/N-ethyl adjacent to an activating group) is 1. The number of nitrogens with zero attached hydrogens (tertiary/aromatic N) is 1. The van der Waals surface area contributed by atoms with Gasteiger partial charge in [0.2, 0.25) is 0 Å². The lowest BCUT2D eigenvalue weighted by atomic mass is 10.0. The average molecular weight is 329 g/mol. The second kappa shape index (κ2) is 11.3. The third-order valence-electron chi connectivity index (χ3n) is 3.43. The molecule has 0 aliphatic carbocycles. The third-order valence-corrected chi connectivity index (χ3v) is 3.43. The first-order chi connectivity index (χ1) is 10.6. The van der Waals surface area contributed by atoms with Crippen molar-refractivity contribution in [3.63, 3.8) is 0 Å². The topological polar surface area (TPSA) is 55.8 Å². The van der Waals surface area contributed by atoms with Crippen molar-refractivity contribution >= 4 is 12.1 Å². The number of rotatable bonds is 10. The van der Waals surface area contributed by atoms with E-state index in [1.54, 1.807) is 7.05 Å². The highest BCUT2D eigenvalue weighted by Crippen LogP contribution is 2.14. The van der Waals surface area contributed by atoms with Gasteiger partial charge in [0.25, 0.3) is 0 Å². The van der Waals surface area contributed by atoms with Crippen LogP contribution in [-0.4, -0.2) is 43.3 Å². The first-order valence-electron chi connectivity index (χ1n) is 8.71. The Morgan fingerprint density at radius 2 is 1.52 bits per heavy atom.